The summed E-state index contributed by atoms with van der Waals surface area (Å²) in [6.45, 7) is 15.5. The summed E-state index contributed by atoms with van der Waals surface area (Å²) in [7, 11) is 0. The lowest BCUT2D eigenvalue weighted by atomic mass is 10.1. The lowest BCUT2D eigenvalue weighted by molar-refractivity contribution is 0.0472. The maximum atomic E-state index is 11.3. The van der Waals surface area contributed by atoms with Gasteiger partial charge in [0.25, 0.3) is 0 Å². The third-order valence-corrected chi connectivity index (χ3v) is 5.24. The number of hydrazine groups is 2. The molecule has 4 N–H and O–H groups in total. The zero-order chi connectivity index (χ0) is 22.9. The molecule has 8 heteroatoms. The van der Waals surface area contributed by atoms with E-state index in [-0.39, 0.29) is 0 Å². The summed E-state index contributed by atoms with van der Waals surface area (Å²) in [5, 5.41) is 0. The summed E-state index contributed by atoms with van der Waals surface area (Å²) in [4.78, 5) is 22.7. The Hall–Kier alpha value is -1.54. The van der Waals surface area contributed by atoms with Crippen LogP contribution in [0.15, 0.2) is 0 Å². The lowest BCUT2D eigenvalue weighted by Gasteiger charge is -2.22. The monoisotopic (exact) mass is 428 g/mol. The minimum atomic E-state index is -0.437. The maximum absolute atomic E-state index is 11.3. The van der Waals surface area contributed by atoms with Gasteiger partial charge in [-0.3, -0.25) is 10.9 Å². The first kappa shape index (κ1) is 26.5. The molecule has 2 saturated carbocycles. The van der Waals surface area contributed by atoms with Gasteiger partial charge in [-0.1, -0.05) is 26.7 Å². The number of ether oxygens (including phenoxy) is 2. The zero-order valence-electron chi connectivity index (χ0n) is 20.2. The van der Waals surface area contributed by atoms with Crippen LogP contribution in [0.4, 0.5) is 9.59 Å². The Labute approximate surface area is 182 Å². The summed E-state index contributed by atoms with van der Waals surface area (Å²) in [6, 6.07) is 0.773. The molecule has 0 aromatic rings. The van der Waals surface area contributed by atoms with Crippen LogP contribution in [0.3, 0.4) is 0 Å². The third kappa shape index (κ3) is 11.6. The smallest absolute Gasteiger partial charge is 0.422 e. The van der Waals surface area contributed by atoms with Gasteiger partial charge in [-0.2, -0.15) is 0 Å². The molecule has 0 aliphatic heterocycles. The van der Waals surface area contributed by atoms with Crippen LogP contribution in [0.25, 0.3) is 0 Å². The van der Waals surface area contributed by atoms with Crippen LogP contribution in [-0.4, -0.2) is 35.5 Å². The maximum Gasteiger partial charge on any atom is 0.422 e. The van der Waals surface area contributed by atoms with Gasteiger partial charge in [0.15, 0.2) is 0 Å². The van der Waals surface area contributed by atoms with Crippen molar-refractivity contribution in [1.82, 2.24) is 21.7 Å². The molecule has 0 radical (unpaired) electrons. The molecule has 0 bridgehead atoms. The fourth-order valence-electron chi connectivity index (χ4n) is 3.63. The van der Waals surface area contributed by atoms with E-state index in [9.17, 15) is 9.59 Å². The first-order chi connectivity index (χ1) is 13.8. The predicted octanol–water partition coefficient (Wildman–Crippen LogP) is 4.41. The number of nitrogens with one attached hydrogen (secondary N) is 4. The molecule has 2 amide bonds. The molecule has 2 aliphatic rings. The van der Waals surface area contributed by atoms with Crippen molar-refractivity contribution in [2.24, 2.45) is 11.8 Å². The van der Waals surface area contributed by atoms with Gasteiger partial charge >= 0.3 is 12.2 Å². The van der Waals surface area contributed by atoms with Gasteiger partial charge < -0.3 is 9.47 Å². The second-order valence-corrected chi connectivity index (χ2v) is 10.6. The van der Waals surface area contributed by atoms with Crippen LogP contribution in [0.2, 0.25) is 0 Å². The van der Waals surface area contributed by atoms with Crippen LogP contribution in [0.1, 0.15) is 93.9 Å². The number of amides is 2. The summed E-state index contributed by atoms with van der Waals surface area (Å²) in [5.41, 5.74) is 10.4. The highest BCUT2D eigenvalue weighted by atomic mass is 16.6. The molecule has 0 aromatic carbocycles. The molecule has 8 nitrogen and oxygen atoms in total. The fraction of sp³-hybridized carbons (Fsp3) is 0.909. The van der Waals surface area contributed by atoms with Crippen molar-refractivity contribution in [3.63, 3.8) is 0 Å². The van der Waals surface area contributed by atoms with Crippen LogP contribution in [-0.2, 0) is 9.47 Å². The highest BCUT2D eigenvalue weighted by Gasteiger charge is 2.25. The molecular weight excluding hydrogens is 384 g/mol. The van der Waals surface area contributed by atoms with E-state index in [0.717, 1.165) is 12.8 Å². The van der Waals surface area contributed by atoms with Crippen molar-refractivity contribution in [2.75, 3.05) is 0 Å². The molecule has 4 atom stereocenters. The molecular formula is C22H44N4O4. The Morgan fingerprint density at radius 1 is 0.667 bits per heavy atom. The van der Waals surface area contributed by atoms with E-state index in [0.29, 0.717) is 23.9 Å². The van der Waals surface area contributed by atoms with Gasteiger partial charge in [0.2, 0.25) is 0 Å². The number of carbonyl (C=O) groups is 2. The Balaban J connectivity index is 0.000000300. The van der Waals surface area contributed by atoms with Gasteiger partial charge in [-0.25, -0.2) is 20.4 Å². The highest BCUT2D eigenvalue weighted by Crippen LogP contribution is 2.24. The van der Waals surface area contributed by atoms with Crippen molar-refractivity contribution < 1.29 is 19.1 Å². The van der Waals surface area contributed by atoms with Crippen molar-refractivity contribution >= 4 is 12.2 Å². The second kappa shape index (κ2) is 11.7. The van der Waals surface area contributed by atoms with Gasteiger partial charge in [-0.15, -0.1) is 0 Å². The topological polar surface area (TPSA) is 101 Å². The van der Waals surface area contributed by atoms with Crippen molar-refractivity contribution in [2.45, 2.75) is 117 Å². The highest BCUT2D eigenvalue weighted by molar-refractivity contribution is 5.67. The van der Waals surface area contributed by atoms with Crippen LogP contribution >= 0.6 is 0 Å². The average Bonchev–Trinajstić information content (AvgIpc) is 3.16. The molecule has 2 aliphatic carbocycles. The fourth-order valence-corrected chi connectivity index (χ4v) is 3.63. The quantitative estimate of drug-likeness (QED) is 0.495. The van der Waals surface area contributed by atoms with E-state index in [1.807, 2.05) is 41.5 Å². The Morgan fingerprint density at radius 2 is 1.00 bits per heavy atom. The van der Waals surface area contributed by atoms with E-state index >= 15 is 0 Å². The van der Waals surface area contributed by atoms with Gasteiger partial charge in [0, 0.05) is 12.1 Å². The van der Waals surface area contributed by atoms with Crippen LogP contribution < -0.4 is 21.7 Å². The van der Waals surface area contributed by atoms with Gasteiger partial charge in [0.05, 0.1) is 0 Å². The van der Waals surface area contributed by atoms with Crippen molar-refractivity contribution in [3.8, 4) is 0 Å². The third-order valence-electron chi connectivity index (χ3n) is 5.24. The lowest BCUT2D eigenvalue weighted by Crippen LogP contribution is -2.47. The molecule has 0 spiro atoms. The Bertz CT molecular complexity index is 494. The van der Waals surface area contributed by atoms with Crippen LogP contribution in [0, 0.1) is 11.8 Å². The largest absolute Gasteiger partial charge is 0.443 e. The Kier molecular flexibility index (Phi) is 10.4. The standard InChI is InChI=1S/2C11H22N2O2/c2*1-8-6-5-7-9(8)12-13-10(14)15-11(2,3)4/h2*8-9,12H,5-7H2,1-4H3,(H,13,14)/t2*8-,9+/m10/s1. The molecule has 30 heavy (non-hydrogen) atoms. The van der Waals surface area contributed by atoms with E-state index in [1.54, 1.807) is 0 Å². The second-order valence-electron chi connectivity index (χ2n) is 10.6. The first-order valence-electron chi connectivity index (χ1n) is 11.3. The number of carbonyl (C=O) groups excluding carboxylic acids is 2. The molecule has 2 fully saturated rings. The normalized spacial score (nSPS) is 26.4. The summed E-state index contributed by atoms with van der Waals surface area (Å²) in [5.74, 6) is 1.25. The summed E-state index contributed by atoms with van der Waals surface area (Å²) in [6.07, 6.45) is 6.36. The molecule has 0 aromatic heterocycles. The number of hydrogen-bond donors (Lipinski definition) is 4. The molecule has 0 unspecified atom stereocenters. The van der Waals surface area contributed by atoms with E-state index in [1.165, 1.54) is 25.7 Å². The van der Waals surface area contributed by atoms with E-state index in [2.05, 4.69) is 35.6 Å². The van der Waals surface area contributed by atoms with E-state index < -0.39 is 23.4 Å². The van der Waals surface area contributed by atoms with Crippen molar-refractivity contribution in [1.29, 1.82) is 0 Å². The molecule has 0 saturated heterocycles. The van der Waals surface area contributed by atoms with Gasteiger partial charge in [-0.05, 0) is 79.1 Å². The average molecular weight is 429 g/mol. The van der Waals surface area contributed by atoms with Crippen molar-refractivity contribution in [3.05, 3.63) is 0 Å². The Morgan fingerprint density at radius 3 is 1.23 bits per heavy atom. The summed E-state index contributed by atoms with van der Waals surface area (Å²) >= 11 is 0. The number of hydrogen-bond acceptors (Lipinski definition) is 6. The minimum absolute atomic E-state index is 0.387. The van der Waals surface area contributed by atoms with Crippen LogP contribution in [0.5, 0.6) is 0 Å². The first-order valence-corrected chi connectivity index (χ1v) is 11.3. The predicted molar refractivity (Wildman–Crippen MR) is 119 cm³/mol. The minimum Gasteiger partial charge on any atom is -0.443 e. The molecule has 176 valence electrons. The number of rotatable bonds is 4. The van der Waals surface area contributed by atoms with E-state index in [4.69, 9.17) is 9.47 Å². The molecule has 2 rings (SSSR count). The van der Waals surface area contributed by atoms with Gasteiger partial charge in [0.1, 0.15) is 11.2 Å². The SMILES string of the molecule is C[C@@H]1CCC[C@@H]1NNC(=O)OC(C)(C)C.C[C@H]1CCC[C@H]1NNC(=O)OC(C)(C)C. The zero-order valence-corrected chi connectivity index (χ0v) is 20.2. The summed E-state index contributed by atoms with van der Waals surface area (Å²) < 4.78 is 10.2. The molecule has 0 heterocycles.